The largest absolute Gasteiger partial charge is 0.490 e. The number of nitrogens with two attached hydrogens (primary N) is 1. The summed E-state index contributed by atoms with van der Waals surface area (Å²) in [6.45, 7) is 3.19. The Labute approximate surface area is 213 Å². The lowest BCUT2D eigenvalue weighted by Crippen LogP contribution is -2.18. The number of aromatic nitrogens is 5. The number of nitrogens with zero attached hydrogens (tertiary/aromatic N) is 4. The van der Waals surface area contributed by atoms with E-state index >= 15 is 0 Å². The lowest BCUT2D eigenvalue weighted by molar-refractivity contribution is 0.143. The first-order valence-electron chi connectivity index (χ1n) is 11.8. The summed E-state index contributed by atoms with van der Waals surface area (Å²) in [6, 6.07) is 14.7. The maximum Gasteiger partial charge on any atom is 0.350 e. The van der Waals surface area contributed by atoms with Gasteiger partial charge in [0.25, 0.3) is 5.95 Å². The van der Waals surface area contributed by atoms with Gasteiger partial charge in [-0.25, -0.2) is 14.8 Å². The van der Waals surface area contributed by atoms with E-state index < -0.39 is 5.69 Å². The van der Waals surface area contributed by atoms with Gasteiger partial charge in [0.05, 0.1) is 13.2 Å². The molecule has 192 valence electrons. The van der Waals surface area contributed by atoms with Gasteiger partial charge in [-0.05, 0) is 42.7 Å². The Kier molecular flexibility index (Phi) is 8.26. The minimum atomic E-state index is -0.442. The molecular weight excluding hydrogens is 474 g/mol. The normalized spacial score (nSPS) is 11.7. The van der Waals surface area contributed by atoms with Gasteiger partial charge >= 0.3 is 5.69 Å². The third kappa shape index (κ3) is 6.19. The molecule has 0 spiro atoms. The van der Waals surface area contributed by atoms with Crippen LogP contribution in [0.1, 0.15) is 35.4 Å². The molecule has 0 fully saturated rings. The van der Waals surface area contributed by atoms with Gasteiger partial charge in [0.15, 0.2) is 11.5 Å². The highest BCUT2D eigenvalue weighted by atomic mass is 16.5. The van der Waals surface area contributed by atoms with Crippen molar-refractivity contribution < 1.29 is 14.2 Å². The first kappa shape index (κ1) is 25.6. The second-order valence-corrected chi connectivity index (χ2v) is 8.12. The van der Waals surface area contributed by atoms with E-state index in [0.717, 1.165) is 15.8 Å². The molecular formula is C26H29N7O4. The van der Waals surface area contributed by atoms with E-state index in [1.165, 1.54) is 0 Å². The first-order chi connectivity index (χ1) is 18.0. The number of benzene rings is 2. The van der Waals surface area contributed by atoms with Crippen molar-refractivity contribution in [3.05, 3.63) is 93.9 Å². The molecule has 0 radical (unpaired) electrons. The molecule has 4 rings (SSSR count). The lowest BCUT2D eigenvalue weighted by atomic mass is 9.90. The molecule has 11 heteroatoms. The predicted octanol–water partition coefficient (Wildman–Crippen LogP) is 2.43. The van der Waals surface area contributed by atoms with Gasteiger partial charge < -0.3 is 19.9 Å². The Morgan fingerprint density at radius 2 is 1.84 bits per heavy atom. The Hall–Kier alpha value is -4.51. The lowest BCUT2D eigenvalue weighted by Gasteiger charge is -2.18. The Bertz CT molecular complexity index is 1380. The highest BCUT2D eigenvalue weighted by molar-refractivity contribution is 5.94. The third-order valence-corrected chi connectivity index (χ3v) is 5.63. The van der Waals surface area contributed by atoms with E-state index in [1.807, 2.05) is 37.3 Å². The molecule has 0 bridgehead atoms. The van der Waals surface area contributed by atoms with Crippen molar-refractivity contribution >= 4 is 5.84 Å². The van der Waals surface area contributed by atoms with Gasteiger partial charge in [0.2, 0.25) is 0 Å². The van der Waals surface area contributed by atoms with Crippen LogP contribution in [0.4, 0.5) is 0 Å². The average Bonchev–Trinajstić information content (AvgIpc) is 3.30. The van der Waals surface area contributed by atoms with E-state index in [0.29, 0.717) is 49.1 Å². The molecule has 2 aromatic carbocycles. The maximum atomic E-state index is 12.8. The molecule has 1 atom stereocenters. The van der Waals surface area contributed by atoms with Crippen LogP contribution in [-0.2, 0) is 11.2 Å². The fourth-order valence-electron chi connectivity index (χ4n) is 3.83. The summed E-state index contributed by atoms with van der Waals surface area (Å²) in [5.74, 6) is 1.47. The summed E-state index contributed by atoms with van der Waals surface area (Å²) in [5, 5.41) is 12.2. The summed E-state index contributed by atoms with van der Waals surface area (Å²) >= 11 is 0. The number of hydrogen-bond acceptors (Lipinski definition) is 8. The molecule has 0 aliphatic heterocycles. The van der Waals surface area contributed by atoms with Gasteiger partial charge in [-0.1, -0.05) is 30.3 Å². The molecule has 37 heavy (non-hydrogen) atoms. The average molecular weight is 504 g/mol. The number of amidine groups is 1. The fraction of sp³-hybridized carbons (Fsp3) is 0.269. The quantitative estimate of drug-likeness (QED) is 0.151. The molecule has 0 saturated heterocycles. The number of ether oxygens (including phenoxy) is 3. The predicted molar refractivity (Wildman–Crippen MR) is 138 cm³/mol. The van der Waals surface area contributed by atoms with Crippen molar-refractivity contribution in [1.82, 2.24) is 24.7 Å². The van der Waals surface area contributed by atoms with Gasteiger partial charge in [0.1, 0.15) is 18.3 Å². The number of H-pyrrole nitrogens is 1. The van der Waals surface area contributed by atoms with Crippen molar-refractivity contribution in [2.75, 3.05) is 26.9 Å². The highest BCUT2D eigenvalue weighted by Gasteiger charge is 2.23. The number of nitrogen functional groups attached to an aromatic ring is 1. The van der Waals surface area contributed by atoms with Crippen molar-refractivity contribution in [2.45, 2.75) is 19.3 Å². The molecule has 0 aliphatic rings. The van der Waals surface area contributed by atoms with Crippen molar-refractivity contribution in [3.8, 4) is 17.4 Å². The third-order valence-electron chi connectivity index (χ3n) is 5.63. The van der Waals surface area contributed by atoms with Crippen LogP contribution in [0.5, 0.6) is 11.5 Å². The molecule has 2 aromatic heterocycles. The topological polar surface area (TPSA) is 154 Å². The van der Waals surface area contributed by atoms with Crippen molar-refractivity contribution in [3.63, 3.8) is 0 Å². The van der Waals surface area contributed by atoms with Crippen LogP contribution in [0, 0.1) is 5.41 Å². The zero-order valence-corrected chi connectivity index (χ0v) is 20.7. The number of nitrogens with one attached hydrogen (secondary N) is 2. The molecule has 0 saturated carbocycles. The van der Waals surface area contributed by atoms with Gasteiger partial charge in [-0.3, -0.25) is 10.4 Å². The minimum Gasteiger partial charge on any atom is -0.490 e. The number of methoxy groups -OCH3 is 1. The Morgan fingerprint density at radius 3 is 2.51 bits per heavy atom. The molecule has 4 N–H and O–H groups in total. The smallest absolute Gasteiger partial charge is 0.350 e. The van der Waals surface area contributed by atoms with E-state index in [9.17, 15) is 4.79 Å². The SMILES string of the molecule is CCOc1cc(C(Cc2ccc(C(=N)N)cc2)c2nn(-c3ncccn3)c(=O)[nH]2)ccc1OCCOC. The second-order valence-electron chi connectivity index (χ2n) is 8.12. The summed E-state index contributed by atoms with van der Waals surface area (Å²) in [6.07, 6.45) is 3.61. The molecule has 0 amide bonds. The van der Waals surface area contributed by atoms with Gasteiger partial charge in [-0.15, -0.1) is 9.78 Å². The van der Waals surface area contributed by atoms with Crippen LogP contribution in [0.15, 0.2) is 65.7 Å². The van der Waals surface area contributed by atoms with E-state index in [4.69, 9.17) is 25.4 Å². The zero-order valence-electron chi connectivity index (χ0n) is 20.7. The van der Waals surface area contributed by atoms with Gasteiger partial charge in [0, 0.05) is 31.0 Å². The maximum absolute atomic E-state index is 12.8. The Morgan fingerprint density at radius 1 is 1.08 bits per heavy atom. The summed E-state index contributed by atoms with van der Waals surface area (Å²) < 4.78 is 17.9. The molecule has 11 nitrogen and oxygen atoms in total. The highest BCUT2D eigenvalue weighted by Crippen LogP contribution is 2.34. The fourth-order valence-corrected chi connectivity index (χ4v) is 3.83. The number of rotatable bonds is 12. The molecule has 1 unspecified atom stereocenters. The molecule has 0 aliphatic carbocycles. The summed E-state index contributed by atoms with van der Waals surface area (Å²) in [4.78, 5) is 23.9. The summed E-state index contributed by atoms with van der Waals surface area (Å²) in [7, 11) is 1.61. The minimum absolute atomic E-state index is 0.000507. The van der Waals surface area contributed by atoms with Crippen LogP contribution >= 0.6 is 0 Å². The van der Waals surface area contributed by atoms with Crippen LogP contribution < -0.4 is 20.9 Å². The number of hydrogen-bond donors (Lipinski definition) is 3. The monoisotopic (exact) mass is 503 g/mol. The summed E-state index contributed by atoms with van der Waals surface area (Å²) in [5.41, 5.74) is 7.64. The molecule has 2 heterocycles. The van der Waals surface area contributed by atoms with Crippen molar-refractivity contribution in [1.29, 1.82) is 5.41 Å². The number of aromatic amines is 1. The first-order valence-corrected chi connectivity index (χ1v) is 11.8. The van der Waals surface area contributed by atoms with E-state index in [2.05, 4.69) is 20.1 Å². The zero-order chi connectivity index (χ0) is 26.2. The van der Waals surface area contributed by atoms with Crippen LogP contribution in [0.25, 0.3) is 5.95 Å². The standard InChI is InChI=1S/C26H29N7O4/c1-3-36-22-16-19(9-10-21(22)37-14-13-35-2)20(15-17-5-7-18(8-6-17)23(27)28)24-31-26(34)33(32-24)25-29-11-4-12-30-25/h4-12,16,20H,3,13-15H2,1-2H3,(H3,27,28)(H,31,32,34). The van der Waals surface area contributed by atoms with Gasteiger partial charge in [-0.2, -0.15) is 0 Å². The van der Waals surface area contributed by atoms with Crippen molar-refractivity contribution in [2.24, 2.45) is 5.73 Å². The molecule has 4 aromatic rings. The van der Waals surface area contributed by atoms with Crippen LogP contribution in [0.2, 0.25) is 0 Å². The van der Waals surface area contributed by atoms with Crippen LogP contribution in [-0.4, -0.2) is 57.5 Å². The van der Waals surface area contributed by atoms with E-state index in [1.54, 1.807) is 37.7 Å². The Balaban J connectivity index is 1.75. The van der Waals surface area contributed by atoms with Crippen LogP contribution in [0.3, 0.4) is 0 Å². The second kappa shape index (κ2) is 12.0. The van der Waals surface area contributed by atoms with E-state index in [-0.39, 0.29) is 17.7 Å².